The SMILES string of the molecule is CCn1c(=O)oc2cc(S(=O)(=O)N3CC[C@](O)(c4ccccc4)C3)ccc21. The number of aliphatic hydroxyl groups is 1. The van der Waals surface area contributed by atoms with Crippen LogP contribution in [0, 0.1) is 0 Å². The van der Waals surface area contributed by atoms with Gasteiger partial charge < -0.3 is 9.52 Å². The third-order valence-corrected chi connectivity index (χ3v) is 6.96. The van der Waals surface area contributed by atoms with E-state index in [1.54, 1.807) is 18.2 Å². The molecule has 0 saturated carbocycles. The van der Waals surface area contributed by atoms with Gasteiger partial charge in [-0.25, -0.2) is 13.2 Å². The molecular weight excluding hydrogens is 368 g/mol. The highest BCUT2D eigenvalue weighted by molar-refractivity contribution is 7.89. The molecule has 27 heavy (non-hydrogen) atoms. The number of hydrogen-bond donors (Lipinski definition) is 1. The van der Waals surface area contributed by atoms with Crippen LogP contribution in [0.5, 0.6) is 0 Å². The Morgan fingerprint density at radius 1 is 1.19 bits per heavy atom. The van der Waals surface area contributed by atoms with Gasteiger partial charge in [-0.05, 0) is 31.0 Å². The molecule has 2 heterocycles. The van der Waals surface area contributed by atoms with Crippen LogP contribution in [-0.2, 0) is 22.2 Å². The van der Waals surface area contributed by atoms with Crippen molar-refractivity contribution in [2.45, 2.75) is 30.4 Å². The Morgan fingerprint density at radius 2 is 1.93 bits per heavy atom. The van der Waals surface area contributed by atoms with Crippen molar-refractivity contribution in [3.8, 4) is 0 Å². The molecule has 0 aliphatic carbocycles. The average Bonchev–Trinajstić information content (AvgIpc) is 3.22. The summed E-state index contributed by atoms with van der Waals surface area (Å²) >= 11 is 0. The summed E-state index contributed by atoms with van der Waals surface area (Å²) < 4.78 is 34.0. The molecule has 7 nitrogen and oxygen atoms in total. The fraction of sp³-hybridized carbons (Fsp3) is 0.316. The number of hydrogen-bond acceptors (Lipinski definition) is 5. The maximum absolute atomic E-state index is 13.0. The Hall–Kier alpha value is -2.42. The zero-order valence-electron chi connectivity index (χ0n) is 14.8. The van der Waals surface area contributed by atoms with Crippen molar-refractivity contribution < 1.29 is 17.9 Å². The summed E-state index contributed by atoms with van der Waals surface area (Å²) in [6, 6.07) is 13.5. The van der Waals surface area contributed by atoms with Crippen LogP contribution in [0.1, 0.15) is 18.9 Å². The van der Waals surface area contributed by atoms with Crippen molar-refractivity contribution in [2.75, 3.05) is 13.1 Å². The molecule has 0 radical (unpaired) electrons. The summed E-state index contributed by atoms with van der Waals surface area (Å²) in [4.78, 5) is 11.9. The van der Waals surface area contributed by atoms with Gasteiger partial charge in [-0.1, -0.05) is 30.3 Å². The van der Waals surface area contributed by atoms with Crippen molar-refractivity contribution in [1.29, 1.82) is 0 Å². The van der Waals surface area contributed by atoms with Gasteiger partial charge >= 0.3 is 5.76 Å². The number of aromatic nitrogens is 1. The van der Waals surface area contributed by atoms with Crippen molar-refractivity contribution in [1.82, 2.24) is 8.87 Å². The molecule has 1 N–H and O–H groups in total. The summed E-state index contributed by atoms with van der Waals surface area (Å²) in [6.45, 7) is 2.45. The van der Waals surface area contributed by atoms with E-state index in [1.165, 1.54) is 21.0 Å². The number of sulfonamides is 1. The maximum atomic E-state index is 13.0. The van der Waals surface area contributed by atoms with E-state index >= 15 is 0 Å². The van der Waals surface area contributed by atoms with Crippen LogP contribution < -0.4 is 5.76 Å². The Labute approximate surface area is 156 Å². The number of rotatable bonds is 4. The molecule has 0 amide bonds. The first kappa shape index (κ1) is 18.0. The van der Waals surface area contributed by atoms with E-state index in [9.17, 15) is 18.3 Å². The normalized spacial score (nSPS) is 21.1. The summed E-state index contributed by atoms with van der Waals surface area (Å²) in [7, 11) is -3.82. The Balaban J connectivity index is 1.68. The van der Waals surface area contributed by atoms with Gasteiger partial charge in [-0.3, -0.25) is 4.57 Å². The van der Waals surface area contributed by atoms with Crippen molar-refractivity contribution in [2.24, 2.45) is 0 Å². The minimum Gasteiger partial charge on any atom is -0.408 e. The van der Waals surface area contributed by atoms with E-state index in [4.69, 9.17) is 4.42 Å². The van der Waals surface area contributed by atoms with Crippen LogP contribution in [-0.4, -0.2) is 35.5 Å². The third kappa shape index (κ3) is 2.90. The standard InChI is InChI=1S/C19H20N2O5S/c1-2-21-16-9-8-15(12-17(16)26-18(21)22)27(24,25)20-11-10-19(23,13-20)14-6-4-3-5-7-14/h3-9,12,23H,2,10-11,13H2,1H3/t19-/m1/s1. The molecule has 0 unspecified atom stereocenters. The Kier molecular flexibility index (Phi) is 4.21. The van der Waals surface area contributed by atoms with Gasteiger partial charge in [0.05, 0.1) is 10.4 Å². The van der Waals surface area contributed by atoms with Gasteiger partial charge in [0.15, 0.2) is 5.58 Å². The first-order chi connectivity index (χ1) is 12.8. The molecule has 142 valence electrons. The number of β-amino-alcohol motifs (C(OH)–C–C–N with tert-alkyl or cyclic N) is 1. The first-order valence-corrected chi connectivity index (χ1v) is 10.2. The quantitative estimate of drug-likeness (QED) is 0.737. The predicted octanol–water partition coefficient (Wildman–Crippen LogP) is 1.90. The van der Waals surface area contributed by atoms with Gasteiger partial charge in [-0.2, -0.15) is 4.31 Å². The summed E-state index contributed by atoms with van der Waals surface area (Å²) in [5.74, 6) is -0.512. The minimum atomic E-state index is -3.82. The van der Waals surface area contributed by atoms with Crippen LogP contribution in [0.15, 0.2) is 62.6 Å². The molecule has 2 aromatic carbocycles. The molecule has 8 heteroatoms. The van der Waals surface area contributed by atoms with E-state index in [0.29, 0.717) is 24.0 Å². The van der Waals surface area contributed by atoms with Gasteiger partial charge in [0, 0.05) is 25.7 Å². The highest BCUT2D eigenvalue weighted by atomic mass is 32.2. The topological polar surface area (TPSA) is 92.8 Å². The van der Waals surface area contributed by atoms with E-state index in [-0.39, 0.29) is 23.6 Å². The molecule has 0 spiro atoms. The highest BCUT2D eigenvalue weighted by Crippen LogP contribution is 2.35. The zero-order chi connectivity index (χ0) is 19.2. The van der Waals surface area contributed by atoms with E-state index in [0.717, 1.165) is 0 Å². The number of benzene rings is 2. The lowest BCUT2D eigenvalue weighted by atomic mass is 9.93. The van der Waals surface area contributed by atoms with Gasteiger partial charge in [-0.15, -0.1) is 0 Å². The predicted molar refractivity (Wildman–Crippen MR) is 99.9 cm³/mol. The van der Waals surface area contributed by atoms with Crippen molar-refractivity contribution in [3.05, 3.63) is 64.6 Å². The van der Waals surface area contributed by atoms with Gasteiger partial charge in [0.1, 0.15) is 5.60 Å². The molecule has 3 aromatic rings. The molecule has 4 rings (SSSR count). The maximum Gasteiger partial charge on any atom is 0.419 e. The fourth-order valence-corrected chi connectivity index (χ4v) is 5.11. The third-order valence-electron chi connectivity index (χ3n) is 5.12. The summed E-state index contributed by atoms with van der Waals surface area (Å²) in [5, 5.41) is 10.9. The zero-order valence-corrected chi connectivity index (χ0v) is 15.6. The molecule has 1 aliphatic rings. The van der Waals surface area contributed by atoms with Crippen LogP contribution in [0.2, 0.25) is 0 Å². The van der Waals surface area contributed by atoms with E-state index in [1.807, 2.05) is 25.1 Å². The molecule has 1 aromatic heterocycles. The second-order valence-electron chi connectivity index (χ2n) is 6.73. The minimum absolute atomic E-state index is 0.0166. The monoisotopic (exact) mass is 388 g/mol. The second kappa shape index (κ2) is 6.33. The van der Waals surface area contributed by atoms with Crippen LogP contribution >= 0.6 is 0 Å². The largest absolute Gasteiger partial charge is 0.419 e. The average molecular weight is 388 g/mol. The highest BCUT2D eigenvalue weighted by Gasteiger charge is 2.42. The smallest absolute Gasteiger partial charge is 0.408 e. The Morgan fingerprint density at radius 3 is 2.63 bits per heavy atom. The lowest BCUT2D eigenvalue weighted by Gasteiger charge is -2.23. The van der Waals surface area contributed by atoms with E-state index < -0.39 is 21.4 Å². The lowest BCUT2D eigenvalue weighted by molar-refractivity contribution is 0.0531. The lowest BCUT2D eigenvalue weighted by Crippen LogP contribution is -2.34. The number of oxazole rings is 1. The molecule has 1 saturated heterocycles. The summed E-state index contributed by atoms with van der Waals surface area (Å²) in [5.41, 5.74) is 0.282. The number of nitrogens with zero attached hydrogens (tertiary/aromatic N) is 2. The van der Waals surface area contributed by atoms with Gasteiger partial charge in [0.2, 0.25) is 10.0 Å². The summed E-state index contributed by atoms with van der Waals surface area (Å²) in [6.07, 6.45) is 0.319. The first-order valence-electron chi connectivity index (χ1n) is 8.76. The van der Waals surface area contributed by atoms with Crippen LogP contribution in [0.4, 0.5) is 0 Å². The fourth-order valence-electron chi connectivity index (χ4n) is 3.60. The number of aryl methyl sites for hydroxylation is 1. The molecule has 1 atom stereocenters. The van der Waals surface area contributed by atoms with E-state index in [2.05, 4.69) is 0 Å². The van der Waals surface area contributed by atoms with Gasteiger partial charge in [0.25, 0.3) is 0 Å². The van der Waals surface area contributed by atoms with Crippen LogP contribution in [0.3, 0.4) is 0 Å². The molecule has 0 bridgehead atoms. The van der Waals surface area contributed by atoms with Crippen molar-refractivity contribution in [3.63, 3.8) is 0 Å². The van der Waals surface area contributed by atoms with Crippen LogP contribution in [0.25, 0.3) is 11.1 Å². The second-order valence-corrected chi connectivity index (χ2v) is 8.67. The van der Waals surface area contributed by atoms with Crippen molar-refractivity contribution >= 4 is 21.1 Å². The molecule has 1 aliphatic heterocycles. The molecule has 1 fully saturated rings. The molecular formula is C19H20N2O5S. The Bertz CT molecular complexity index is 1150. The number of fused-ring (bicyclic) bond motifs is 1.